The summed E-state index contributed by atoms with van der Waals surface area (Å²) in [6.45, 7) is 2.57. The Morgan fingerprint density at radius 2 is 1.89 bits per heavy atom. The van der Waals surface area contributed by atoms with Crippen molar-refractivity contribution in [2.24, 2.45) is 5.73 Å². The van der Waals surface area contributed by atoms with Gasteiger partial charge in [0, 0.05) is 12.2 Å². The van der Waals surface area contributed by atoms with Gasteiger partial charge in [0.25, 0.3) is 0 Å². The van der Waals surface area contributed by atoms with E-state index in [4.69, 9.17) is 27.7 Å². The van der Waals surface area contributed by atoms with Gasteiger partial charge < -0.3 is 20.4 Å². The molecule has 0 aliphatic rings. The van der Waals surface area contributed by atoms with Gasteiger partial charge in [-0.3, -0.25) is 4.57 Å². The van der Waals surface area contributed by atoms with Gasteiger partial charge in [0.1, 0.15) is 0 Å². The molecule has 1 aromatic rings. The molecule has 8 heteroatoms. The largest absolute Gasteiger partial charge is 1.00 e. The second-order valence-electron chi connectivity index (χ2n) is 3.57. The number of rotatable bonds is 4. The van der Waals surface area contributed by atoms with Gasteiger partial charge in [0.2, 0.25) is 0 Å². The number of benzene rings is 1. The summed E-state index contributed by atoms with van der Waals surface area (Å²) in [5.74, 6) is 0. The summed E-state index contributed by atoms with van der Waals surface area (Å²) in [6, 6.07) is 6.81. The zero-order valence-electron chi connectivity index (χ0n) is 10.4. The summed E-state index contributed by atoms with van der Waals surface area (Å²) >= 11 is 4.90. The number of nitrogens with zero attached hydrogens (tertiary/aromatic N) is 1. The third-order valence-corrected chi connectivity index (χ3v) is 3.22. The molecule has 1 aromatic carbocycles. The topological polar surface area (TPSA) is 86.8 Å². The Kier molecular flexibility index (Phi) is 7.63. The maximum absolute atomic E-state index is 10.8. The Bertz CT molecular complexity index is 449. The Hall–Kier alpha value is 0.0600. The first-order chi connectivity index (χ1) is 7.83. The quantitative estimate of drug-likeness (QED) is 0.354. The first kappa shape index (κ1) is 18.1. The van der Waals surface area contributed by atoms with Crippen molar-refractivity contribution >= 4 is 30.6 Å². The van der Waals surface area contributed by atoms with Crippen LogP contribution < -0.4 is 40.2 Å². The minimum absolute atomic E-state index is 0. The molecule has 0 aliphatic carbocycles. The fraction of sp³-hybridized carbons (Fsp3) is 0.300. The molecular weight excluding hydrogens is 282 g/mol. The molecular formula is C10H15N2NaO3PS+. The minimum atomic E-state index is -4.02. The molecule has 4 N–H and O–H groups in total. The minimum Gasteiger partial charge on any atom is -0.376 e. The van der Waals surface area contributed by atoms with Crippen molar-refractivity contribution in [2.75, 3.05) is 11.4 Å². The van der Waals surface area contributed by atoms with Gasteiger partial charge in [-0.25, -0.2) is 0 Å². The molecule has 18 heavy (non-hydrogen) atoms. The normalized spacial score (nSPS) is 10.6. The molecule has 1 rings (SSSR count). The molecule has 0 bridgehead atoms. The molecule has 0 spiro atoms. The van der Waals surface area contributed by atoms with Crippen LogP contribution in [-0.2, 0) is 10.7 Å². The van der Waals surface area contributed by atoms with Crippen LogP contribution in [0.3, 0.4) is 0 Å². The molecule has 94 valence electrons. The van der Waals surface area contributed by atoms with Gasteiger partial charge in [-0.05, 0) is 36.8 Å². The molecule has 0 radical (unpaired) electrons. The van der Waals surface area contributed by atoms with Gasteiger partial charge in [0.15, 0.2) is 5.11 Å². The third kappa shape index (κ3) is 5.80. The molecule has 5 nitrogen and oxygen atoms in total. The summed E-state index contributed by atoms with van der Waals surface area (Å²) in [5, 5.41) is 0.273. The van der Waals surface area contributed by atoms with E-state index < -0.39 is 7.60 Å². The second kappa shape index (κ2) is 7.60. The monoisotopic (exact) mass is 297 g/mol. The van der Waals surface area contributed by atoms with Gasteiger partial charge in [-0.1, -0.05) is 12.1 Å². The standard InChI is InChI=1S/C10H15N2O3PS.Na/c1-2-12(10(11)17)9-5-3-8(4-6-9)7-16(13,14)15;/h3-6H,2,7H2,1H3,(H2,11,17)(H2,13,14,15);/q;+1. The van der Waals surface area contributed by atoms with Crippen LogP contribution in [0.5, 0.6) is 0 Å². The molecule has 0 fully saturated rings. The number of nitrogens with two attached hydrogens (primary N) is 1. The first-order valence-electron chi connectivity index (χ1n) is 5.04. The zero-order valence-corrected chi connectivity index (χ0v) is 14.1. The van der Waals surface area contributed by atoms with Crippen LogP contribution in [0.1, 0.15) is 12.5 Å². The maximum atomic E-state index is 10.8. The second-order valence-corrected chi connectivity index (χ2v) is 5.64. The van der Waals surface area contributed by atoms with E-state index in [2.05, 4.69) is 0 Å². The molecule has 0 saturated carbocycles. The summed E-state index contributed by atoms with van der Waals surface area (Å²) in [4.78, 5) is 19.4. The Labute approximate surface area is 134 Å². The Morgan fingerprint density at radius 1 is 1.39 bits per heavy atom. The van der Waals surface area contributed by atoms with Crippen molar-refractivity contribution in [3.05, 3.63) is 29.8 Å². The predicted octanol–water partition coefficient (Wildman–Crippen LogP) is -1.56. The van der Waals surface area contributed by atoms with Crippen LogP contribution in [0.15, 0.2) is 24.3 Å². The van der Waals surface area contributed by atoms with E-state index in [1.165, 1.54) is 0 Å². The summed E-state index contributed by atoms with van der Waals surface area (Å²) < 4.78 is 10.8. The van der Waals surface area contributed by atoms with Crippen LogP contribution in [0.4, 0.5) is 5.69 Å². The number of thiocarbonyl (C=S) groups is 1. The average molecular weight is 297 g/mol. The first-order valence-corrected chi connectivity index (χ1v) is 7.24. The van der Waals surface area contributed by atoms with Crippen molar-refractivity contribution < 1.29 is 43.9 Å². The van der Waals surface area contributed by atoms with E-state index in [-0.39, 0.29) is 40.8 Å². The third-order valence-electron chi connectivity index (χ3n) is 2.22. The van der Waals surface area contributed by atoms with E-state index >= 15 is 0 Å². The number of hydrogen-bond acceptors (Lipinski definition) is 2. The SMILES string of the molecule is CCN(C(N)=S)c1ccc(CP(=O)(O)O)cc1.[Na+]. The Morgan fingerprint density at radius 3 is 2.22 bits per heavy atom. The van der Waals surface area contributed by atoms with Crippen LogP contribution in [0.25, 0.3) is 0 Å². The predicted molar refractivity (Wildman–Crippen MR) is 72.0 cm³/mol. The summed E-state index contributed by atoms with van der Waals surface area (Å²) in [6.07, 6.45) is -0.257. The molecule has 0 amide bonds. The van der Waals surface area contributed by atoms with Crippen molar-refractivity contribution in [3.63, 3.8) is 0 Å². The van der Waals surface area contributed by atoms with Gasteiger partial charge >= 0.3 is 37.2 Å². The smallest absolute Gasteiger partial charge is 0.376 e. The van der Waals surface area contributed by atoms with E-state index in [1.807, 2.05) is 6.92 Å². The molecule has 0 saturated heterocycles. The van der Waals surface area contributed by atoms with Crippen molar-refractivity contribution in [1.29, 1.82) is 0 Å². The Balaban J connectivity index is 0.00000289. The van der Waals surface area contributed by atoms with Crippen LogP contribution >= 0.6 is 19.8 Å². The fourth-order valence-corrected chi connectivity index (χ4v) is 2.41. The molecule has 0 atom stereocenters. The molecule has 0 aliphatic heterocycles. The molecule has 0 heterocycles. The fourth-order valence-electron chi connectivity index (χ4n) is 1.48. The summed E-state index contributed by atoms with van der Waals surface area (Å²) in [7, 11) is -4.02. The van der Waals surface area contributed by atoms with Gasteiger partial charge in [-0.2, -0.15) is 0 Å². The van der Waals surface area contributed by atoms with Crippen molar-refractivity contribution in [3.8, 4) is 0 Å². The van der Waals surface area contributed by atoms with Crippen LogP contribution in [0.2, 0.25) is 0 Å². The van der Waals surface area contributed by atoms with E-state index in [1.54, 1.807) is 29.2 Å². The van der Waals surface area contributed by atoms with E-state index in [0.717, 1.165) is 5.69 Å². The van der Waals surface area contributed by atoms with E-state index in [9.17, 15) is 4.57 Å². The molecule has 0 aromatic heterocycles. The van der Waals surface area contributed by atoms with Gasteiger partial charge in [0.05, 0.1) is 6.16 Å². The molecule has 0 unspecified atom stereocenters. The number of hydrogen-bond donors (Lipinski definition) is 3. The zero-order chi connectivity index (χ0) is 13.1. The van der Waals surface area contributed by atoms with Crippen molar-refractivity contribution in [2.45, 2.75) is 13.1 Å². The van der Waals surface area contributed by atoms with Crippen LogP contribution in [0, 0.1) is 0 Å². The maximum Gasteiger partial charge on any atom is 1.00 e. The van der Waals surface area contributed by atoms with Crippen LogP contribution in [-0.4, -0.2) is 21.4 Å². The number of anilines is 1. The summed E-state index contributed by atoms with van der Waals surface area (Å²) in [5.41, 5.74) is 6.95. The average Bonchev–Trinajstić information content (AvgIpc) is 2.18. The van der Waals surface area contributed by atoms with Gasteiger partial charge in [-0.15, -0.1) is 0 Å². The van der Waals surface area contributed by atoms with E-state index in [0.29, 0.717) is 12.1 Å². The van der Waals surface area contributed by atoms with Crippen molar-refractivity contribution in [1.82, 2.24) is 0 Å².